The number of carboxylic acid groups (broad SMARTS) is 1. The average Bonchev–Trinajstić information content (AvgIpc) is 2.82. The maximum absolute atomic E-state index is 11.5. The van der Waals surface area contributed by atoms with Gasteiger partial charge in [0, 0.05) is 17.7 Å². The van der Waals surface area contributed by atoms with E-state index in [-0.39, 0.29) is 11.3 Å². The van der Waals surface area contributed by atoms with Crippen LogP contribution >= 0.6 is 11.5 Å². The number of carboxylic acids is 1. The van der Waals surface area contributed by atoms with Crippen LogP contribution in [0.5, 0.6) is 0 Å². The summed E-state index contributed by atoms with van der Waals surface area (Å²) in [5.41, 5.74) is 0.275. The lowest BCUT2D eigenvalue weighted by Crippen LogP contribution is -2.19. The first-order valence-electron chi connectivity index (χ1n) is 4.69. The second-order valence-corrected chi connectivity index (χ2v) is 3.91. The largest absolute Gasteiger partial charge is 0.478 e. The van der Waals surface area contributed by atoms with Crippen LogP contribution in [0.1, 0.15) is 10.4 Å². The van der Waals surface area contributed by atoms with E-state index in [0.29, 0.717) is 5.00 Å². The number of nitrogens with zero attached hydrogens (tertiary/aromatic N) is 3. The van der Waals surface area contributed by atoms with Crippen molar-refractivity contribution in [3.63, 3.8) is 0 Å². The number of aromatic carboxylic acids is 1. The Morgan fingerprint density at radius 3 is 2.72 bits per heavy atom. The molecule has 0 aliphatic heterocycles. The number of amides is 2. The number of aromatic nitrogens is 3. The molecule has 9 heteroatoms. The van der Waals surface area contributed by atoms with Crippen LogP contribution in [0.2, 0.25) is 0 Å². The fourth-order valence-corrected chi connectivity index (χ4v) is 1.54. The van der Waals surface area contributed by atoms with Crippen molar-refractivity contribution in [2.75, 3.05) is 10.6 Å². The Morgan fingerprint density at radius 1 is 1.22 bits per heavy atom. The zero-order valence-electron chi connectivity index (χ0n) is 8.82. The highest BCUT2D eigenvalue weighted by molar-refractivity contribution is 7.10. The Kier molecular flexibility index (Phi) is 3.44. The van der Waals surface area contributed by atoms with E-state index in [1.807, 2.05) is 0 Å². The molecule has 2 aromatic heterocycles. The van der Waals surface area contributed by atoms with Gasteiger partial charge in [0.25, 0.3) is 0 Å². The minimum Gasteiger partial charge on any atom is -0.478 e. The normalized spacial score (nSPS) is 9.78. The number of nitrogens with one attached hydrogen (secondary N) is 2. The molecule has 0 bridgehead atoms. The first kappa shape index (κ1) is 11.9. The zero-order chi connectivity index (χ0) is 13.0. The third-order valence-corrected chi connectivity index (χ3v) is 2.42. The summed E-state index contributed by atoms with van der Waals surface area (Å²) in [6, 6.07) is 0.783. The molecular weight excluding hydrogens is 258 g/mol. The summed E-state index contributed by atoms with van der Waals surface area (Å²) in [6.07, 6.45) is 3.94. The summed E-state index contributed by atoms with van der Waals surface area (Å²) < 4.78 is 3.58. The van der Waals surface area contributed by atoms with Gasteiger partial charge < -0.3 is 10.4 Å². The first-order valence-corrected chi connectivity index (χ1v) is 5.46. The van der Waals surface area contributed by atoms with Crippen LogP contribution in [0, 0.1) is 0 Å². The smallest absolute Gasteiger partial charge is 0.337 e. The van der Waals surface area contributed by atoms with Crippen molar-refractivity contribution in [3.05, 3.63) is 30.2 Å². The summed E-state index contributed by atoms with van der Waals surface area (Å²) in [7, 11) is 0. The van der Waals surface area contributed by atoms with E-state index in [1.54, 1.807) is 0 Å². The molecule has 0 radical (unpaired) electrons. The van der Waals surface area contributed by atoms with Crippen molar-refractivity contribution in [1.29, 1.82) is 0 Å². The predicted molar refractivity (Wildman–Crippen MR) is 63.7 cm³/mol. The molecule has 0 aliphatic rings. The Morgan fingerprint density at radius 2 is 2.06 bits per heavy atom. The van der Waals surface area contributed by atoms with Crippen LogP contribution in [-0.4, -0.2) is 31.7 Å². The monoisotopic (exact) mass is 265 g/mol. The van der Waals surface area contributed by atoms with Crippen molar-refractivity contribution >= 4 is 34.2 Å². The average molecular weight is 265 g/mol. The molecule has 0 atom stereocenters. The maximum atomic E-state index is 11.5. The van der Waals surface area contributed by atoms with Gasteiger partial charge in [-0.3, -0.25) is 10.3 Å². The van der Waals surface area contributed by atoms with Crippen molar-refractivity contribution in [3.8, 4) is 0 Å². The molecule has 18 heavy (non-hydrogen) atoms. The van der Waals surface area contributed by atoms with Gasteiger partial charge in [0.2, 0.25) is 0 Å². The lowest BCUT2D eigenvalue weighted by atomic mass is 10.3. The second kappa shape index (κ2) is 5.19. The fourth-order valence-electron chi connectivity index (χ4n) is 1.12. The SMILES string of the molecule is O=C(Nc1cncc(C(=O)O)c1)Nc1cnns1. The van der Waals surface area contributed by atoms with E-state index in [0.717, 1.165) is 11.5 Å². The second-order valence-electron chi connectivity index (χ2n) is 3.13. The van der Waals surface area contributed by atoms with Gasteiger partial charge in [0.15, 0.2) is 0 Å². The third kappa shape index (κ3) is 2.98. The molecule has 2 rings (SSSR count). The van der Waals surface area contributed by atoms with Crippen molar-refractivity contribution in [1.82, 2.24) is 14.6 Å². The van der Waals surface area contributed by atoms with Gasteiger partial charge in [0.05, 0.1) is 23.6 Å². The molecule has 0 spiro atoms. The number of carbonyl (C=O) groups is 2. The Balaban J connectivity index is 2.03. The number of anilines is 2. The van der Waals surface area contributed by atoms with Crippen molar-refractivity contribution in [2.24, 2.45) is 0 Å². The standard InChI is InChI=1S/C9H7N5O3S/c15-8(16)5-1-6(3-10-2-5)12-9(17)13-7-4-11-14-18-7/h1-4H,(H,15,16)(H2,12,13,17). The van der Waals surface area contributed by atoms with Gasteiger partial charge in [-0.05, 0) is 6.07 Å². The van der Waals surface area contributed by atoms with Gasteiger partial charge in [-0.25, -0.2) is 9.59 Å². The highest BCUT2D eigenvalue weighted by Gasteiger charge is 2.07. The Hall–Kier alpha value is -2.55. The maximum Gasteiger partial charge on any atom is 0.337 e. The topological polar surface area (TPSA) is 117 Å². The van der Waals surface area contributed by atoms with Gasteiger partial charge in [-0.15, -0.1) is 5.10 Å². The summed E-state index contributed by atoms with van der Waals surface area (Å²) in [6.45, 7) is 0. The van der Waals surface area contributed by atoms with Crippen LogP contribution in [0.25, 0.3) is 0 Å². The minimum absolute atomic E-state index is 0.00717. The molecule has 2 aromatic rings. The van der Waals surface area contributed by atoms with Gasteiger partial charge in [0.1, 0.15) is 5.00 Å². The molecule has 0 saturated heterocycles. The van der Waals surface area contributed by atoms with Gasteiger partial charge >= 0.3 is 12.0 Å². The molecule has 0 fully saturated rings. The highest BCUT2D eigenvalue weighted by Crippen LogP contribution is 2.12. The third-order valence-electron chi connectivity index (χ3n) is 1.84. The number of hydrogen-bond acceptors (Lipinski definition) is 6. The van der Waals surface area contributed by atoms with Crippen LogP contribution in [0.4, 0.5) is 15.5 Å². The van der Waals surface area contributed by atoms with E-state index >= 15 is 0 Å². The van der Waals surface area contributed by atoms with Crippen LogP contribution < -0.4 is 10.6 Å². The Bertz CT molecular complexity index is 571. The highest BCUT2D eigenvalue weighted by atomic mass is 32.1. The van der Waals surface area contributed by atoms with Crippen LogP contribution in [0.15, 0.2) is 24.7 Å². The number of hydrogen-bond donors (Lipinski definition) is 3. The molecule has 0 aromatic carbocycles. The molecule has 0 unspecified atom stereocenters. The van der Waals surface area contributed by atoms with Crippen LogP contribution in [0.3, 0.4) is 0 Å². The van der Waals surface area contributed by atoms with E-state index in [4.69, 9.17) is 5.11 Å². The van der Waals surface area contributed by atoms with E-state index in [9.17, 15) is 9.59 Å². The summed E-state index contributed by atoms with van der Waals surface area (Å²) in [4.78, 5) is 25.9. The van der Waals surface area contributed by atoms with Gasteiger partial charge in [-0.1, -0.05) is 4.49 Å². The molecule has 92 valence electrons. The number of urea groups is 1. The lowest BCUT2D eigenvalue weighted by molar-refractivity contribution is 0.0696. The first-order chi connectivity index (χ1) is 8.65. The van der Waals surface area contributed by atoms with E-state index in [2.05, 4.69) is 25.2 Å². The molecule has 0 saturated carbocycles. The fraction of sp³-hybridized carbons (Fsp3) is 0. The molecule has 0 aliphatic carbocycles. The van der Waals surface area contributed by atoms with Crippen molar-refractivity contribution in [2.45, 2.75) is 0 Å². The molecular formula is C9H7N5O3S. The Labute approximate surface area is 105 Å². The predicted octanol–water partition coefficient (Wildman–Crippen LogP) is 1.28. The van der Waals surface area contributed by atoms with E-state index < -0.39 is 12.0 Å². The van der Waals surface area contributed by atoms with E-state index in [1.165, 1.54) is 24.7 Å². The molecule has 2 heterocycles. The quantitative estimate of drug-likeness (QED) is 0.769. The number of rotatable bonds is 3. The summed E-state index contributed by atoms with van der Waals surface area (Å²) in [5, 5.41) is 17.7. The molecule has 3 N–H and O–H groups in total. The summed E-state index contributed by atoms with van der Waals surface area (Å²) >= 11 is 1.03. The van der Waals surface area contributed by atoms with Crippen molar-refractivity contribution < 1.29 is 14.7 Å². The number of pyridine rings is 1. The minimum atomic E-state index is -1.11. The van der Waals surface area contributed by atoms with Crippen LogP contribution in [-0.2, 0) is 0 Å². The van der Waals surface area contributed by atoms with Gasteiger partial charge in [-0.2, -0.15) is 0 Å². The summed E-state index contributed by atoms with van der Waals surface area (Å²) in [5.74, 6) is -1.11. The lowest BCUT2D eigenvalue weighted by Gasteiger charge is -2.05. The molecule has 8 nitrogen and oxygen atoms in total. The molecule has 2 amide bonds. The number of carbonyl (C=O) groups excluding carboxylic acids is 1. The zero-order valence-corrected chi connectivity index (χ0v) is 9.64.